The Bertz CT molecular complexity index is 875. The summed E-state index contributed by atoms with van der Waals surface area (Å²) in [6.07, 6.45) is -7.58. The minimum absolute atomic E-state index is 0.226. The number of benzene rings is 2. The van der Waals surface area contributed by atoms with Gasteiger partial charge in [-0.05, 0) is 38.1 Å². The molecule has 30 heavy (non-hydrogen) atoms. The maximum absolute atomic E-state index is 12.2. The molecule has 8 nitrogen and oxygen atoms in total. The Balaban J connectivity index is 1.58. The Morgan fingerprint density at radius 3 is 1.87 bits per heavy atom. The molecular weight excluding hydrogens is 392 g/mol. The van der Waals surface area contributed by atoms with Gasteiger partial charge in [0, 0.05) is 0 Å². The fraction of sp³-hybridized carbons (Fsp3) is 0.364. The summed E-state index contributed by atoms with van der Waals surface area (Å²) in [6, 6.07) is 13.2. The molecule has 5 atom stereocenters. The Morgan fingerprint density at radius 2 is 1.33 bits per heavy atom. The average molecular weight is 416 g/mol. The lowest BCUT2D eigenvalue weighted by Crippen LogP contribution is -2.60. The van der Waals surface area contributed by atoms with Crippen LogP contribution in [-0.2, 0) is 14.2 Å². The predicted molar refractivity (Wildman–Crippen MR) is 105 cm³/mol. The number of aryl methyl sites for hydroxylation is 2. The van der Waals surface area contributed by atoms with Crippen molar-refractivity contribution in [2.75, 3.05) is 6.61 Å². The van der Waals surface area contributed by atoms with Crippen molar-refractivity contribution in [1.29, 1.82) is 0 Å². The first kappa shape index (κ1) is 21.9. The number of esters is 2. The molecule has 1 aliphatic heterocycles. The van der Waals surface area contributed by atoms with E-state index < -0.39 is 49.3 Å². The van der Waals surface area contributed by atoms with E-state index in [4.69, 9.17) is 14.2 Å². The van der Waals surface area contributed by atoms with Crippen molar-refractivity contribution >= 4 is 11.9 Å². The van der Waals surface area contributed by atoms with E-state index in [9.17, 15) is 24.9 Å². The number of carbonyl (C=O) groups is 2. The summed E-state index contributed by atoms with van der Waals surface area (Å²) in [6.45, 7) is 3.34. The molecule has 0 bridgehead atoms. The zero-order valence-electron chi connectivity index (χ0n) is 16.6. The number of carbonyl (C=O) groups excluding carboxylic acids is 2. The molecule has 1 fully saturated rings. The number of aliphatic hydroxyl groups excluding tert-OH is 3. The highest BCUT2D eigenvalue weighted by Crippen LogP contribution is 2.24. The van der Waals surface area contributed by atoms with E-state index in [-0.39, 0.29) is 5.56 Å². The summed E-state index contributed by atoms with van der Waals surface area (Å²) in [7, 11) is 0. The van der Waals surface area contributed by atoms with Crippen molar-refractivity contribution in [2.24, 2.45) is 0 Å². The van der Waals surface area contributed by atoms with Crippen molar-refractivity contribution in [3.8, 4) is 0 Å². The van der Waals surface area contributed by atoms with Crippen LogP contribution in [0.3, 0.4) is 0 Å². The Morgan fingerprint density at radius 1 is 0.833 bits per heavy atom. The van der Waals surface area contributed by atoms with Gasteiger partial charge in [0.2, 0.25) is 0 Å². The van der Waals surface area contributed by atoms with Gasteiger partial charge in [0.05, 0.1) is 11.1 Å². The number of rotatable bonds is 5. The monoisotopic (exact) mass is 416 g/mol. The first-order chi connectivity index (χ1) is 14.3. The maximum Gasteiger partial charge on any atom is 0.338 e. The lowest BCUT2D eigenvalue weighted by atomic mass is 9.99. The quantitative estimate of drug-likeness (QED) is 0.620. The van der Waals surface area contributed by atoms with Crippen LogP contribution in [0.5, 0.6) is 0 Å². The molecule has 1 heterocycles. The van der Waals surface area contributed by atoms with Crippen LogP contribution in [0.1, 0.15) is 31.8 Å². The van der Waals surface area contributed by atoms with Crippen LogP contribution in [0, 0.1) is 13.8 Å². The molecule has 0 radical (unpaired) electrons. The molecule has 1 saturated heterocycles. The molecule has 1 aliphatic rings. The van der Waals surface area contributed by atoms with Gasteiger partial charge < -0.3 is 29.5 Å². The van der Waals surface area contributed by atoms with Gasteiger partial charge in [0.25, 0.3) is 0 Å². The molecule has 2 aromatic carbocycles. The van der Waals surface area contributed by atoms with E-state index in [0.29, 0.717) is 5.56 Å². The highest BCUT2D eigenvalue weighted by Gasteiger charge is 2.46. The zero-order valence-corrected chi connectivity index (χ0v) is 16.6. The summed E-state index contributed by atoms with van der Waals surface area (Å²) < 4.78 is 15.5. The van der Waals surface area contributed by atoms with Gasteiger partial charge in [-0.2, -0.15) is 0 Å². The lowest BCUT2D eigenvalue weighted by Gasteiger charge is -2.39. The van der Waals surface area contributed by atoms with E-state index in [0.717, 1.165) is 11.1 Å². The molecule has 0 unspecified atom stereocenters. The average Bonchev–Trinajstić information content (AvgIpc) is 2.73. The highest BCUT2D eigenvalue weighted by atomic mass is 16.7. The minimum atomic E-state index is -1.71. The Hall–Kier alpha value is -2.78. The fourth-order valence-corrected chi connectivity index (χ4v) is 3.00. The second-order valence-corrected chi connectivity index (χ2v) is 7.25. The molecular formula is C22H24O8. The second-order valence-electron chi connectivity index (χ2n) is 7.25. The van der Waals surface area contributed by atoms with Gasteiger partial charge in [0.1, 0.15) is 24.9 Å². The molecule has 0 spiro atoms. The van der Waals surface area contributed by atoms with E-state index in [1.165, 1.54) is 0 Å². The van der Waals surface area contributed by atoms with Crippen molar-refractivity contribution < 1.29 is 39.1 Å². The third-order valence-corrected chi connectivity index (χ3v) is 4.86. The maximum atomic E-state index is 12.2. The minimum Gasteiger partial charge on any atom is -0.459 e. The molecule has 0 aromatic heterocycles. The normalized spacial score (nSPS) is 26.1. The SMILES string of the molecule is Cc1ccc(C(=O)OC[C@H]2O[C@@H](O)[C@H](OC(=O)c3ccc(C)cc3)[C@@H](O)[C@H]2O)cc1. The topological polar surface area (TPSA) is 123 Å². The van der Waals surface area contributed by atoms with Crippen molar-refractivity contribution in [2.45, 2.75) is 44.6 Å². The smallest absolute Gasteiger partial charge is 0.338 e. The zero-order chi connectivity index (χ0) is 21.8. The van der Waals surface area contributed by atoms with Crippen molar-refractivity contribution in [1.82, 2.24) is 0 Å². The van der Waals surface area contributed by atoms with E-state index in [1.807, 2.05) is 13.8 Å². The van der Waals surface area contributed by atoms with Crippen LogP contribution in [0.2, 0.25) is 0 Å². The molecule has 3 N–H and O–H groups in total. The van der Waals surface area contributed by atoms with Crippen LogP contribution >= 0.6 is 0 Å². The van der Waals surface area contributed by atoms with Gasteiger partial charge in [-0.3, -0.25) is 0 Å². The number of ether oxygens (including phenoxy) is 3. The Kier molecular flexibility index (Phi) is 6.84. The van der Waals surface area contributed by atoms with Crippen molar-refractivity contribution in [3.63, 3.8) is 0 Å². The summed E-state index contributed by atoms with van der Waals surface area (Å²) in [5, 5.41) is 30.8. The summed E-state index contributed by atoms with van der Waals surface area (Å²) in [5.74, 6) is -1.42. The van der Waals surface area contributed by atoms with Gasteiger partial charge in [-0.15, -0.1) is 0 Å². The predicted octanol–water partition coefficient (Wildman–Crippen LogP) is 1.12. The Labute approximate surface area is 173 Å². The van der Waals surface area contributed by atoms with Crippen LogP contribution in [0.4, 0.5) is 0 Å². The molecule has 2 aromatic rings. The van der Waals surface area contributed by atoms with Gasteiger partial charge in [-0.1, -0.05) is 35.4 Å². The summed E-state index contributed by atoms with van der Waals surface area (Å²) in [4.78, 5) is 24.4. The second kappa shape index (κ2) is 9.36. The number of hydrogen-bond donors (Lipinski definition) is 3. The van der Waals surface area contributed by atoms with Gasteiger partial charge in [0.15, 0.2) is 12.4 Å². The fourth-order valence-electron chi connectivity index (χ4n) is 3.00. The van der Waals surface area contributed by atoms with E-state index in [1.54, 1.807) is 48.5 Å². The standard InChI is InChI=1S/C22H24O8/c1-12-3-7-14(8-4-12)20(25)28-11-16-17(23)18(24)19(22(27)29-16)30-21(26)15-9-5-13(2)6-10-15/h3-10,16-19,22-24,27H,11H2,1-2H3/t16-,17+,18+,19-,22-/m1/s1. The van der Waals surface area contributed by atoms with Crippen molar-refractivity contribution in [3.05, 3.63) is 70.8 Å². The van der Waals surface area contributed by atoms with Gasteiger partial charge in [-0.25, -0.2) is 9.59 Å². The first-order valence-corrected chi connectivity index (χ1v) is 9.47. The molecule has 0 aliphatic carbocycles. The van der Waals surface area contributed by atoms with Crippen LogP contribution in [0.15, 0.2) is 48.5 Å². The summed E-state index contributed by atoms with van der Waals surface area (Å²) in [5.41, 5.74) is 2.47. The van der Waals surface area contributed by atoms with Crippen LogP contribution in [0.25, 0.3) is 0 Å². The molecule has 0 amide bonds. The molecule has 0 saturated carbocycles. The number of aliphatic hydroxyl groups is 3. The third kappa shape index (κ3) is 5.03. The molecule has 160 valence electrons. The largest absolute Gasteiger partial charge is 0.459 e. The van der Waals surface area contributed by atoms with Gasteiger partial charge >= 0.3 is 11.9 Å². The molecule has 8 heteroatoms. The van der Waals surface area contributed by atoms with E-state index >= 15 is 0 Å². The first-order valence-electron chi connectivity index (χ1n) is 9.47. The van der Waals surface area contributed by atoms with E-state index in [2.05, 4.69) is 0 Å². The third-order valence-electron chi connectivity index (χ3n) is 4.86. The number of hydrogen-bond acceptors (Lipinski definition) is 8. The lowest BCUT2D eigenvalue weighted by molar-refractivity contribution is -0.285. The summed E-state index contributed by atoms with van der Waals surface area (Å²) >= 11 is 0. The van der Waals surface area contributed by atoms with Crippen LogP contribution < -0.4 is 0 Å². The molecule has 3 rings (SSSR count). The highest BCUT2D eigenvalue weighted by molar-refractivity contribution is 5.90. The van der Waals surface area contributed by atoms with Crippen LogP contribution in [-0.4, -0.2) is 64.6 Å².